The van der Waals surface area contributed by atoms with Gasteiger partial charge in [0.25, 0.3) is 11.6 Å². The number of hydrazone groups is 1. The summed E-state index contributed by atoms with van der Waals surface area (Å²) >= 11 is 0. The molecule has 0 fully saturated rings. The van der Waals surface area contributed by atoms with E-state index in [2.05, 4.69) is 10.5 Å². The number of hydrogen-bond acceptors (Lipinski definition) is 6. The summed E-state index contributed by atoms with van der Waals surface area (Å²) in [4.78, 5) is 36.0. The Labute approximate surface area is 216 Å². The number of para-hydroxylation sites is 2. The normalized spacial score (nSPS) is 11.2. The van der Waals surface area contributed by atoms with Crippen molar-refractivity contribution in [3.8, 4) is 5.75 Å². The maximum atomic E-state index is 12.9. The van der Waals surface area contributed by atoms with Crippen LogP contribution < -0.4 is 15.6 Å². The second kappa shape index (κ2) is 10.8. The summed E-state index contributed by atoms with van der Waals surface area (Å²) in [6.45, 7) is 0.230. The van der Waals surface area contributed by atoms with Crippen molar-refractivity contribution in [2.45, 2.75) is 13.2 Å². The molecule has 1 N–H and O–H groups in total. The standard InChI is InChI=1S/C29H22N4O5/c34-28(18-32-26-10-3-1-8-24(26)29(35)25-9-2-4-11-27(25)32)31-30-17-21-6-5-7-23(16-21)38-19-20-12-14-22(15-13-20)33(36)37/h1-17H,18-19H2,(H,31,34)/b30-17-. The molecule has 1 amide bonds. The maximum absolute atomic E-state index is 12.9. The lowest BCUT2D eigenvalue weighted by Gasteiger charge is -2.14. The predicted molar refractivity (Wildman–Crippen MR) is 145 cm³/mol. The Bertz CT molecular complexity index is 1680. The van der Waals surface area contributed by atoms with Crippen LogP contribution in [0.3, 0.4) is 0 Å². The smallest absolute Gasteiger partial charge is 0.269 e. The molecule has 1 heterocycles. The van der Waals surface area contributed by atoms with Gasteiger partial charge in [-0.2, -0.15) is 5.10 Å². The fraction of sp³-hybridized carbons (Fsp3) is 0.0690. The lowest BCUT2D eigenvalue weighted by atomic mass is 10.1. The average Bonchev–Trinajstić information content (AvgIpc) is 2.94. The van der Waals surface area contributed by atoms with E-state index in [1.165, 1.54) is 18.3 Å². The molecule has 0 radical (unpaired) electrons. The molecule has 5 rings (SSSR count). The molecule has 0 aliphatic carbocycles. The van der Waals surface area contributed by atoms with Crippen molar-refractivity contribution in [3.05, 3.63) is 129 Å². The molecule has 5 aromatic rings. The van der Waals surface area contributed by atoms with Gasteiger partial charge in [0, 0.05) is 22.9 Å². The van der Waals surface area contributed by atoms with Crippen LogP contribution >= 0.6 is 0 Å². The number of aromatic nitrogens is 1. The van der Waals surface area contributed by atoms with E-state index in [0.29, 0.717) is 33.1 Å². The van der Waals surface area contributed by atoms with Gasteiger partial charge in [-0.3, -0.25) is 19.7 Å². The van der Waals surface area contributed by atoms with Gasteiger partial charge in [0.2, 0.25) is 0 Å². The van der Waals surface area contributed by atoms with Crippen LogP contribution in [-0.4, -0.2) is 21.6 Å². The Morgan fingerprint density at radius 1 is 0.921 bits per heavy atom. The van der Waals surface area contributed by atoms with Gasteiger partial charge in [0.15, 0.2) is 5.43 Å². The highest BCUT2D eigenvalue weighted by molar-refractivity contribution is 5.95. The number of pyridine rings is 1. The van der Waals surface area contributed by atoms with E-state index in [4.69, 9.17) is 4.74 Å². The molecular weight excluding hydrogens is 484 g/mol. The zero-order chi connectivity index (χ0) is 26.5. The zero-order valence-corrected chi connectivity index (χ0v) is 20.1. The van der Waals surface area contributed by atoms with Crippen LogP contribution in [0.15, 0.2) is 107 Å². The number of nitro benzene ring substituents is 1. The molecule has 38 heavy (non-hydrogen) atoms. The summed E-state index contributed by atoms with van der Waals surface area (Å²) in [6, 6.07) is 27.8. The molecule has 4 aromatic carbocycles. The zero-order valence-electron chi connectivity index (χ0n) is 20.1. The van der Waals surface area contributed by atoms with E-state index < -0.39 is 4.92 Å². The van der Waals surface area contributed by atoms with E-state index in [9.17, 15) is 19.7 Å². The third-order valence-corrected chi connectivity index (χ3v) is 5.99. The highest BCUT2D eigenvalue weighted by atomic mass is 16.6. The molecule has 1 aromatic heterocycles. The third-order valence-electron chi connectivity index (χ3n) is 5.99. The Morgan fingerprint density at radius 3 is 2.24 bits per heavy atom. The molecule has 0 aliphatic heterocycles. The number of carbonyl (C=O) groups is 1. The number of amides is 1. The summed E-state index contributed by atoms with van der Waals surface area (Å²) in [5.41, 5.74) is 5.37. The highest BCUT2D eigenvalue weighted by Crippen LogP contribution is 2.19. The van der Waals surface area contributed by atoms with Gasteiger partial charge < -0.3 is 9.30 Å². The van der Waals surface area contributed by atoms with Crippen molar-refractivity contribution < 1.29 is 14.5 Å². The molecule has 0 spiro atoms. The van der Waals surface area contributed by atoms with Crippen molar-refractivity contribution >= 4 is 39.6 Å². The highest BCUT2D eigenvalue weighted by Gasteiger charge is 2.12. The van der Waals surface area contributed by atoms with Crippen molar-refractivity contribution in [2.24, 2.45) is 5.10 Å². The molecule has 0 unspecified atom stereocenters. The van der Waals surface area contributed by atoms with Crippen molar-refractivity contribution in [1.82, 2.24) is 9.99 Å². The Kier molecular flexibility index (Phi) is 6.90. The number of nitrogens with zero attached hydrogens (tertiary/aromatic N) is 3. The van der Waals surface area contributed by atoms with Gasteiger partial charge in [0.1, 0.15) is 18.9 Å². The Morgan fingerprint density at radius 2 is 1.58 bits per heavy atom. The van der Waals surface area contributed by atoms with Gasteiger partial charge in [-0.05, 0) is 59.7 Å². The minimum atomic E-state index is -0.447. The van der Waals surface area contributed by atoms with Gasteiger partial charge >= 0.3 is 0 Å². The first-order valence-corrected chi connectivity index (χ1v) is 11.8. The molecule has 9 nitrogen and oxygen atoms in total. The van der Waals surface area contributed by atoms with Crippen LogP contribution in [0, 0.1) is 10.1 Å². The van der Waals surface area contributed by atoms with Crippen LogP contribution in [0.2, 0.25) is 0 Å². The van der Waals surface area contributed by atoms with Crippen LogP contribution in [0.1, 0.15) is 11.1 Å². The number of hydrogen-bond donors (Lipinski definition) is 1. The van der Waals surface area contributed by atoms with E-state index in [-0.39, 0.29) is 30.2 Å². The van der Waals surface area contributed by atoms with Crippen LogP contribution in [0.5, 0.6) is 5.75 Å². The number of nitrogens with one attached hydrogen (secondary N) is 1. The van der Waals surface area contributed by atoms with E-state index in [1.54, 1.807) is 54.6 Å². The molecular formula is C29H22N4O5. The summed E-state index contributed by atoms with van der Waals surface area (Å²) in [6.07, 6.45) is 1.51. The second-order valence-electron chi connectivity index (χ2n) is 8.53. The van der Waals surface area contributed by atoms with Crippen LogP contribution in [0.25, 0.3) is 21.8 Å². The van der Waals surface area contributed by atoms with E-state index in [1.807, 2.05) is 34.9 Å². The number of fused-ring (bicyclic) bond motifs is 2. The number of nitro groups is 1. The van der Waals surface area contributed by atoms with Gasteiger partial charge in [-0.25, -0.2) is 5.43 Å². The first-order chi connectivity index (χ1) is 18.5. The first-order valence-electron chi connectivity index (χ1n) is 11.8. The fourth-order valence-electron chi connectivity index (χ4n) is 4.17. The van der Waals surface area contributed by atoms with Crippen LogP contribution in [-0.2, 0) is 17.9 Å². The maximum Gasteiger partial charge on any atom is 0.269 e. The monoisotopic (exact) mass is 506 g/mol. The number of carbonyl (C=O) groups excluding carboxylic acids is 1. The van der Waals surface area contributed by atoms with Crippen LogP contribution in [0.4, 0.5) is 5.69 Å². The van der Waals surface area contributed by atoms with Crippen molar-refractivity contribution in [3.63, 3.8) is 0 Å². The number of benzene rings is 4. The molecule has 0 aliphatic rings. The number of ether oxygens (including phenoxy) is 1. The molecule has 188 valence electrons. The fourth-order valence-corrected chi connectivity index (χ4v) is 4.17. The van der Waals surface area contributed by atoms with Crippen molar-refractivity contribution in [2.75, 3.05) is 0 Å². The summed E-state index contributed by atoms with van der Waals surface area (Å²) in [5.74, 6) is 0.246. The van der Waals surface area contributed by atoms with Gasteiger partial charge in [-0.1, -0.05) is 36.4 Å². The number of rotatable bonds is 8. The van der Waals surface area contributed by atoms with E-state index in [0.717, 1.165) is 5.56 Å². The Balaban J connectivity index is 1.26. The average molecular weight is 507 g/mol. The molecule has 0 bridgehead atoms. The largest absolute Gasteiger partial charge is 0.489 e. The quantitative estimate of drug-likeness (QED) is 0.141. The second-order valence-corrected chi connectivity index (χ2v) is 8.53. The molecule has 9 heteroatoms. The minimum Gasteiger partial charge on any atom is -0.489 e. The lowest BCUT2D eigenvalue weighted by molar-refractivity contribution is -0.384. The minimum absolute atomic E-state index is 0.0168. The summed E-state index contributed by atoms with van der Waals surface area (Å²) in [5, 5.41) is 16.0. The molecule has 0 saturated carbocycles. The van der Waals surface area contributed by atoms with E-state index >= 15 is 0 Å². The SMILES string of the molecule is O=C(Cn1c2ccccc2c(=O)c2ccccc21)N/N=C\c1cccc(OCc2ccc([N+](=O)[O-])cc2)c1. The first kappa shape index (κ1) is 24.4. The summed E-state index contributed by atoms with van der Waals surface area (Å²) in [7, 11) is 0. The Hall–Kier alpha value is -5.31. The lowest BCUT2D eigenvalue weighted by Crippen LogP contribution is -2.25. The molecule has 0 saturated heterocycles. The third kappa shape index (κ3) is 5.26. The predicted octanol–water partition coefficient (Wildman–Crippen LogP) is 4.79. The topological polar surface area (TPSA) is 116 Å². The van der Waals surface area contributed by atoms with Gasteiger partial charge in [-0.15, -0.1) is 0 Å². The summed E-state index contributed by atoms with van der Waals surface area (Å²) < 4.78 is 7.59. The molecule has 0 atom stereocenters. The van der Waals surface area contributed by atoms with Gasteiger partial charge in [0.05, 0.1) is 22.2 Å². The van der Waals surface area contributed by atoms with Crippen molar-refractivity contribution in [1.29, 1.82) is 0 Å². The number of non-ortho nitro benzene ring substituents is 1.